The zero-order valence-corrected chi connectivity index (χ0v) is 11.5. The largest absolute Gasteiger partial charge is 0.391 e. The third-order valence-corrected chi connectivity index (χ3v) is 4.30. The van der Waals surface area contributed by atoms with E-state index in [1.165, 1.54) is 12.8 Å². The molecule has 1 aromatic rings. The van der Waals surface area contributed by atoms with Gasteiger partial charge in [0.15, 0.2) is 5.82 Å². The van der Waals surface area contributed by atoms with Crippen LogP contribution in [-0.2, 0) is 0 Å². The minimum Gasteiger partial charge on any atom is -0.391 e. The van der Waals surface area contributed by atoms with Gasteiger partial charge in [0.1, 0.15) is 0 Å². The number of aromatic nitrogens is 2. The van der Waals surface area contributed by atoms with Gasteiger partial charge in [-0.15, -0.1) is 5.10 Å². The molecule has 0 amide bonds. The highest BCUT2D eigenvalue weighted by atomic mass is 16.3. The van der Waals surface area contributed by atoms with Gasteiger partial charge in [0.25, 0.3) is 0 Å². The molecule has 0 saturated carbocycles. The number of rotatable bonds is 2. The molecule has 0 bridgehead atoms. The Morgan fingerprint density at radius 1 is 1.11 bits per heavy atom. The Hall–Kier alpha value is -1.20. The molecule has 2 saturated heterocycles. The zero-order valence-electron chi connectivity index (χ0n) is 11.5. The molecule has 5 heteroatoms. The summed E-state index contributed by atoms with van der Waals surface area (Å²) < 4.78 is 0. The molecular weight excluding hydrogens is 240 g/mol. The number of β-amino-alcohol motifs (C(OH)–C–C–N with tert-alkyl or cyclic N) is 1. The molecule has 2 aliphatic heterocycles. The summed E-state index contributed by atoms with van der Waals surface area (Å²) in [6, 6.07) is 4.17. The minimum absolute atomic E-state index is 0.213. The van der Waals surface area contributed by atoms with Crippen LogP contribution in [0.25, 0.3) is 0 Å². The lowest BCUT2D eigenvalue weighted by molar-refractivity contribution is 0.198. The maximum Gasteiger partial charge on any atom is 0.151 e. The van der Waals surface area contributed by atoms with Crippen LogP contribution in [0.2, 0.25) is 0 Å². The second-order valence-electron chi connectivity index (χ2n) is 5.78. The van der Waals surface area contributed by atoms with Crippen LogP contribution in [0.3, 0.4) is 0 Å². The highest BCUT2D eigenvalue weighted by Gasteiger charge is 2.23. The van der Waals surface area contributed by atoms with E-state index in [4.69, 9.17) is 0 Å². The third-order valence-electron chi connectivity index (χ3n) is 4.30. The first kappa shape index (κ1) is 12.8. The molecule has 5 nitrogen and oxygen atoms in total. The van der Waals surface area contributed by atoms with Gasteiger partial charge in [-0.3, -0.25) is 0 Å². The summed E-state index contributed by atoms with van der Waals surface area (Å²) in [5.41, 5.74) is 1.12. The van der Waals surface area contributed by atoms with Crippen LogP contribution in [0.1, 0.15) is 30.9 Å². The fourth-order valence-electron chi connectivity index (χ4n) is 2.98. The van der Waals surface area contributed by atoms with Gasteiger partial charge in [-0.25, -0.2) is 0 Å². The first-order chi connectivity index (χ1) is 9.22. The Labute approximate surface area is 114 Å². The Morgan fingerprint density at radius 2 is 1.89 bits per heavy atom. The van der Waals surface area contributed by atoms with Crippen LogP contribution in [0.4, 0.5) is 5.82 Å². The normalized spacial score (nSPS) is 26.0. The van der Waals surface area contributed by atoms with Crippen LogP contribution in [0, 0.1) is 0 Å². The van der Waals surface area contributed by atoms with E-state index in [2.05, 4.69) is 39.2 Å². The number of nitrogens with zero attached hydrogens (tertiary/aromatic N) is 4. The van der Waals surface area contributed by atoms with Gasteiger partial charge in [-0.2, -0.15) is 5.10 Å². The number of piperidine rings is 1. The van der Waals surface area contributed by atoms with Gasteiger partial charge in [0.2, 0.25) is 0 Å². The number of anilines is 1. The number of hydrogen-bond donors (Lipinski definition) is 1. The molecule has 1 unspecified atom stereocenters. The van der Waals surface area contributed by atoms with Gasteiger partial charge in [0, 0.05) is 19.0 Å². The average molecular weight is 262 g/mol. The van der Waals surface area contributed by atoms with Crippen LogP contribution in [0.5, 0.6) is 0 Å². The Morgan fingerprint density at radius 3 is 2.47 bits per heavy atom. The Kier molecular flexibility index (Phi) is 3.66. The number of likely N-dealkylation sites (tertiary alicyclic amines) is 1. The first-order valence-electron chi connectivity index (χ1n) is 7.17. The quantitative estimate of drug-likeness (QED) is 0.856. The van der Waals surface area contributed by atoms with Crippen molar-refractivity contribution in [2.45, 2.75) is 31.3 Å². The predicted molar refractivity (Wildman–Crippen MR) is 74.3 cm³/mol. The van der Waals surface area contributed by atoms with E-state index in [9.17, 15) is 5.11 Å². The Bertz CT molecular complexity index is 414. The lowest BCUT2D eigenvalue weighted by Gasteiger charge is -2.28. The fraction of sp³-hybridized carbons (Fsp3) is 0.714. The molecule has 1 N–H and O–H groups in total. The summed E-state index contributed by atoms with van der Waals surface area (Å²) in [5, 5.41) is 18.3. The summed E-state index contributed by atoms with van der Waals surface area (Å²) in [6.07, 6.45) is 2.97. The number of aliphatic hydroxyl groups excluding tert-OH is 1. The average Bonchev–Trinajstić information content (AvgIpc) is 2.87. The van der Waals surface area contributed by atoms with Crippen molar-refractivity contribution >= 4 is 5.82 Å². The summed E-state index contributed by atoms with van der Waals surface area (Å²) in [6.45, 7) is 3.85. The van der Waals surface area contributed by atoms with Crippen molar-refractivity contribution in [2.75, 3.05) is 38.1 Å². The molecule has 0 aliphatic carbocycles. The van der Waals surface area contributed by atoms with Crippen molar-refractivity contribution in [1.82, 2.24) is 15.1 Å². The van der Waals surface area contributed by atoms with Crippen LogP contribution >= 0.6 is 0 Å². The molecular formula is C14H22N4O. The molecule has 104 valence electrons. The van der Waals surface area contributed by atoms with Crippen LogP contribution in [-0.4, -0.2) is 59.5 Å². The predicted octanol–water partition coefficient (Wildman–Crippen LogP) is 0.857. The second kappa shape index (κ2) is 5.43. The van der Waals surface area contributed by atoms with Gasteiger partial charge >= 0.3 is 0 Å². The molecule has 3 heterocycles. The highest BCUT2D eigenvalue weighted by Crippen LogP contribution is 2.26. The van der Waals surface area contributed by atoms with E-state index in [0.29, 0.717) is 12.5 Å². The smallest absolute Gasteiger partial charge is 0.151 e. The van der Waals surface area contributed by atoms with Gasteiger partial charge in [-0.05, 0) is 51.5 Å². The van der Waals surface area contributed by atoms with Crippen molar-refractivity contribution in [3.63, 3.8) is 0 Å². The Balaban J connectivity index is 1.65. The van der Waals surface area contributed by atoms with E-state index in [1.807, 2.05) is 0 Å². The molecule has 2 aliphatic rings. The van der Waals surface area contributed by atoms with Gasteiger partial charge in [-0.1, -0.05) is 0 Å². The van der Waals surface area contributed by atoms with Gasteiger partial charge < -0.3 is 14.9 Å². The van der Waals surface area contributed by atoms with E-state index < -0.39 is 0 Å². The van der Waals surface area contributed by atoms with E-state index in [-0.39, 0.29) is 6.10 Å². The van der Waals surface area contributed by atoms with Crippen molar-refractivity contribution in [2.24, 2.45) is 0 Å². The molecule has 0 radical (unpaired) electrons. The molecule has 0 aromatic carbocycles. The lowest BCUT2D eigenvalue weighted by Crippen LogP contribution is -2.29. The first-order valence-corrected chi connectivity index (χ1v) is 7.17. The second-order valence-corrected chi connectivity index (χ2v) is 5.78. The summed E-state index contributed by atoms with van der Waals surface area (Å²) >= 11 is 0. The SMILES string of the molecule is CN1CCC(c2ccc(N3CCC(O)C3)nn2)CC1. The molecule has 1 aromatic heterocycles. The fourth-order valence-corrected chi connectivity index (χ4v) is 2.98. The van der Waals surface area contributed by atoms with Crippen molar-refractivity contribution in [1.29, 1.82) is 0 Å². The summed E-state index contributed by atoms with van der Waals surface area (Å²) in [4.78, 5) is 4.47. The lowest BCUT2D eigenvalue weighted by atomic mass is 9.94. The maximum atomic E-state index is 9.55. The monoisotopic (exact) mass is 262 g/mol. The van der Waals surface area contributed by atoms with E-state index in [1.54, 1.807) is 0 Å². The standard InChI is InChI=1S/C14H22N4O/c1-17-7-4-11(5-8-17)13-2-3-14(16-15-13)18-9-6-12(19)10-18/h2-3,11-12,19H,4-10H2,1H3. The summed E-state index contributed by atoms with van der Waals surface area (Å²) in [7, 11) is 2.17. The topological polar surface area (TPSA) is 52.5 Å². The van der Waals surface area contributed by atoms with Crippen molar-refractivity contribution in [3.8, 4) is 0 Å². The summed E-state index contributed by atoms with van der Waals surface area (Å²) in [5.74, 6) is 1.45. The molecule has 19 heavy (non-hydrogen) atoms. The van der Waals surface area contributed by atoms with E-state index >= 15 is 0 Å². The molecule has 0 spiro atoms. The number of aliphatic hydroxyl groups is 1. The van der Waals surface area contributed by atoms with Crippen molar-refractivity contribution in [3.05, 3.63) is 17.8 Å². The maximum absolute atomic E-state index is 9.55. The molecule has 2 fully saturated rings. The molecule has 3 rings (SSSR count). The van der Waals surface area contributed by atoms with Crippen LogP contribution < -0.4 is 4.90 Å². The van der Waals surface area contributed by atoms with Crippen molar-refractivity contribution < 1.29 is 5.11 Å². The zero-order chi connectivity index (χ0) is 13.2. The molecule has 1 atom stereocenters. The van der Waals surface area contributed by atoms with E-state index in [0.717, 1.165) is 37.6 Å². The van der Waals surface area contributed by atoms with Crippen LogP contribution in [0.15, 0.2) is 12.1 Å². The third kappa shape index (κ3) is 2.87. The minimum atomic E-state index is -0.213. The number of hydrogen-bond acceptors (Lipinski definition) is 5. The highest BCUT2D eigenvalue weighted by molar-refractivity contribution is 5.39. The van der Waals surface area contributed by atoms with Gasteiger partial charge in [0.05, 0.1) is 11.8 Å².